The highest BCUT2D eigenvalue weighted by atomic mass is 16.4. The van der Waals surface area contributed by atoms with E-state index in [0.29, 0.717) is 19.6 Å². The van der Waals surface area contributed by atoms with E-state index in [2.05, 4.69) is 20.5 Å². The maximum absolute atomic E-state index is 13.3. The standard InChI is InChI=1S/C23H33N5O4/c1-14(2)20(26-21(29)15(3)24-4)22(30)28-11-10-27(13-19(28)23(31)32)12-16-6-5-7-18-17(16)8-9-25-18/h5-9,14-15,19-20,24-25H,10-13H2,1-4H3,(H,26,29)(H,31,32)/t15-,19-,20-/m0/s1. The smallest absolute Gasteiger partial charge is 0.327 e. The molecule has 32 heavy (non-hydrogen) atoms. The number of aromatic amines is 1. The summed E-state index contributed by atoms with van der Waals surface area (Å²) >= 11 is 0. The largest absolute Gasteiger partial charge is 0.480 e. The summed E-state index contributed by atoms with van der Waals surface area (Å²) in [6, 6.07) is 5.84. The molecule has 1 fully saturated rings. The zero-order valence-electron chi connectivity index (χ0n) is 19.1. The lowest BCUT2D eigenvalue weighted by atomic mass is 10.00. The number of aromatic nitrogens is 1. The van der Waals surface area contributed by atoms with E-state index in [-0.39, 0.29) is 24.3 Å². The fourth-order valence-electron chi connectivity index (χ4n) is 4.09. The first-order valence-corrected chi connectivity index (χ1v) is 11.0. The van der Waals surface area contributed by atoms with E-state index in [1.807, 2.05) is 44.3 Å². The van der Waals surface area contributed by atoms with Gasteiger partial charge in [0.25, 0.3) is 0 Å². The lowest BCUT2D eigenvalue weighted by Crippen LogP contribution is -2.63. The van der Waals surface area contributed by atoms with Gasteiger partial charge in [-0.15, -0.1) is 0 Å². The summed E-state index contributed by atoms with van der Waals surface area (Å²) in [4.78, 5) is 44.4. The van der Waals surface area contributed by atoms with Gasteiger partial charge in [-0.1, -0.05) is 26.0 Å². The molecule has 1 saturated heterocycles. The van der Waals surface area contributed by atoms with Crippen LogP contribution in [0, 0.1) is 5.92 Å². The number of carbonyl (C=O) groups excluding carboxylic acids is 2. The summed E-state index contributed by atoms with van der Waals surface area (Å²) < 4.78 is 0. The highest BCUT2D eigenvalue weighted by Crippen LogP contribution is 2.22. The van der Waals surface area contributed by atoms with E-state index >= 15 is 0 Å². The number of benzene rings is 1. The van der Waals surface area contributed by atoms with Crippen LogP contribution in [0.3, 0.4) is 0 Å². The summed E-state index contributed by atoms with van der Waals surface area (Å²) in [5, 5.41) is 16.6. The monoisotopic (exact) mass is 443 g/mol. The third-order valence-electron chi connectivity index (χ3n) is 6.17. The van der Waals surface area contributed by atoms with E-state index < -0.39 is 24.1 Å². The minimum atomic E-state index is -1.04. The maximum atomic E-state index is 13.3. The van der Waals surface area contributed by atoms with Crippen LogP contribution in [0.2, 0.25) is 0 Å². The van der Waals surface area contributed by atoms with Crippen molar-refractivity contribution in [2.45, 2.75) is 45.4 Å². The third-order valence-corrected chi connectivity index (χ3v) is 6.17. The number of fused-ring (bicyclic) bond motifs is 1. The van der Waals surface area contributed by atoms with Gasteiger partial charge in [-0.2, -0.15) is 0 Å². The van der Waals surface area contributed by atoms with Gasteiger partial charge in [-0.3, -0.25) is 14.5 Å². The van der Waals surface area contributed by atoms with Crippen molar-refractivity contribution in [2.24, 2.45) is 5.92 Å². The van der Waals surface area contributed by atoms with Crippen molar-refractivity contribution in [3.63, 3.8) is 0 Å². The number of carboxylic acid groups (broad SMARTS) is 1. The minimum absolute atomic E-state index is 0.172. The van der Waals surface area contributed by atoms with Gasteiger partial charge in [0, 0.05) is 43.3 Å². The molecule has 1 aliphatic rings. The normalized spacial score (nSPS) is 19.2. The van der Waals surface area contributed by atoms with Gasteiger partial charge in [0.1, 0.15) is 12.1 Å². The first kappa shape index (κ1) is 23.7. The van der Waals surface area contributed by atoms with Gasteiger partial charge in [-0.25, -0.2) is 4.79 Å². The van der Waals surface area contributed by atoms with Gasteiger partial charge in [0.05, 0.1) is 6.04 Å². The number of carbonyl (C=O) groups is 3. The zero-order chi connectivity index (χ0) is 23.4. The average Bonchev–Trinajstić information content (AvgIpc) is 3.26. The van der Waals surface area contributed by atoms with Crippen molar-refractivity contribution in [1.82, 2.24) is 25.4 Å². The molecule has 9 nitrogen and oxygen atoms in total. The third kappa shape index (κ3) is 5.11. The predicted octanol–water partition coefficient (Wildman–Crippen LogP) is 1.01. The Hall–Kier alpha value is -2.91. The van der Waals surface area contributed by atoms with Crippen LogP contribution in [0.15, 0.2) is 30.5 Å². The average molecular weight is 444 g/mol. The number of nitrogens with zero attached hydrogens (tertiary/aromatic N) is 2. The molecule has 2 amide bonds. The van der Waals surface area contributed by atoms with Crippen LogP contribution < -0.4 is 10.6 Å². The van der Waals surface area contributed by atoms with Crippen LogP contribution in [0.5, 0.6) is 0 Å². The first-order chi connectivity index (χ1) is 15.2. The number of piperazine rings is 1. The molecule has 1 aliphatic heterocycles. The van der Waals surface area contributed by atoms with Crippen molar-refractivity contribution in [3.05, 3.63) is 36.0 Å². The van der Waals surface area contributed by atoms with Crippen molar-refractivity contribution in [2.75, 3.05) is 26.7 Å². The number of likely N-dealkylation sites (N-methyl/N-ethyl adjacent to an activating group) is 1. The molecule has 3 rings (SSSR count). The molecule has 174 valence electrons. The molecule has 4 N–H and O–H groups in total. The molecule has 0 unspecified atom stereocenters. The Kier molecular flexibility index (Phi) is 7.52. The SMILES string of the molecule is CN[C@@H](C)C(=O)N[C@H](C(=O)N1CCN(Cc2cccc3[nH]ccc23)C[C@H]1C(=O)O)C(C)C. The number of aliphatic carboxylic acids is 1. The quantitative estimate of drug-likeness (QED) is 0.484. The van der Waals surface area contributed by atoms with Crippen LogP contribution >= 0.6 is 0 Å². The zero-order valence-corrected chi connectivity index (χ0v) is 19.1. The second-order valence-electron chi connectivity index (χ2n) is 8.72. The van der Waals surface area contributed by atoms with Crippen LogP contribution in [0.4, 0.5) is 0 Å². The number of amides is 2. The lowest BCUT2D eigenvalue weighted by molar-refractivity contribution is -0.155. The van der Waals surface area contributed by atoms with Gasteiger partial charge in [0.15, 0.2) is 0 Å². The number of nitrogens with one attached hydrogen (secondary N) is 3. The Bertz CT molecular complexity index is 972. The van der Waals surface area contributed by atoms with E-state index in [0.717, 1.165) is 16.5 Å². The minimum Gasteiger partial charge on any atom is -0.480 e. The highest BCUT2D eigenvalue weighted by molar-refractivity contribution is 5.92. The van der Waals surface area contributed by atoms with Gasteiger partial charge in [-0.05, 0) is 37.6 Å². The number of H-pyrrole nitrogens is 1. The number of hydrogen-bond acceptors (Lipinski definition) is 5. The van der Waals surface area contributed by atoms with E-state index in [1.54, 1.807) is 14.0 Å². The van der Waals surface area contributed by atoms with Crippen molar-refractivity contribution in [1.29, 1.82) is 0 Å². The highest BCUT2D eigenvalue weighted by Gasteiger charge is 2.39. The number of hydrogen-bond donors (Lipinski definition) is 4. The second-order valence-corrected chi connectivity index (χ2v) is 8.72. The summed E-state index contributed by atoms with van der Waals surface area (Å²) in [5.74, 6) is -1.85. The Morgan fingerprint density at radius 1 is 1.19 bits per heavy atom. The molecule has 2 heterocycles. The Labute approximate surface area is 188 Å². The molecule has 0 saturated carbocycles. The van der Waals surface area contributed by atoms with Crippen molar-refractivity contribution in [3.8, 4) is 0 Å². The van der Waals surface area contributed by atoms with E-state index in [9.17, 15) is 19.5 Å². The molecular formula is C23H33N5O4. The molecule has 0 radical (unpaired) electrons. The molecule has 9 heteroatoms. The van der Waals surface area contributed by atoms with Gasteiger partial charge < -0.3 is 25.6 Å². The Balaban J connectivity index is 1.74. The van der Waals surface area contributed by atoms with Gasteiger partial charge >= 0.3 is 5.97 Å². The summed E-state index contributed by atoms with van der Waals surface area (Å²) in [7, 11) is 1.67. The van der Waals surface area contributed by atoms with E-state index in [4.69, 9.17) is 0 Å². The van der Waals surface area contributed by atoms with Crippen LogP contribution in [-0.4, -0.2) is 82.5 Å². The van der Waals surface area contributed by atoms with Crippen LogP contribution in [-0.2, 0) is 20.9 Å². The fraction of sp³-hybridized carbons (Fsp3) is 0.522. The molecule has 0 bridgehead atoms. The Morgan fingerprint density at radius 3 is 2.59 bits per heavy atom. The molecular weight excluding hydrogens is 410 g/mol. The first-order valence-electron chi connectivity index (χ1n) is 11.0. The van der Waals surface area contributed by atoms with Crippen LogP contribution in [0.1, 0.15) is 26.3 Å². The van der Waals surface area contributed by atoms with Crippen molar-refractivity contribution < 1.29 is 19.5 Å². The summed E-state index contributed by atoms with van der Waals surface area (Å²) in [6.45, 7) is 7.08. The van der Waals surface area contributed by atoms with Gasteiger partial charge in [0.2, 0.25) is 11.8 Å². The molecule has 1 aromatic carbocycles. The number of rotatable bonds is 8. The molecule has 0 spiro atoms. The lowest BCUT2D eigenvalue weighted by Gasteiger charge is -2.41. The topological polar surface area (TPSA) is 118 Å². The summed E-state index contributed by atoms with van der Waals surface area (Å²) in [5.41, 5.74) is 2.15. The molecule has 2 aromatic rings. The molecule has 0 aliphatic carbocycles. The molecule has 3 atom stereocenters. The number of carboxylic acids is 1. The predicted molar refractivity (Wildman–Crippen MR) is 122 cm³/mol. The maximum Gasteiger partial charge on any atom is 0.327 e. The van der Waals surface area contributed by atoms with Crippen LogP contribution in [0.25, 0.3) is 10.9 Å². The van der Waals surface area contributed by atoms with Crippen molar-refractivity contribution >= 4 is 28.7 Å². The second kappa shape index (κ2) is 10.1. The fourth-order valence-corrected chi connectivity index (χ4v) is 4.09. The Morgan fingerprint density at radius 2 is 1.94 bits per heavy atom. The summed E-state index contributed by atoms with van der Waals surface area (Å²) in [6.07, 6.45) is 1.89. The molecule has 1 aromatic heterocycles. The van der Waals surface area contributed by atoms with E-state index in [1.165, 1.54) is 4.90 Å².